The Labute approximate surface area is 348 Å². The summed E-state index contributed by atoms with van der Waals surface area (Å²) in [4.78, 5) is 74.0. The lowest BCUT2D eigenvalue weighted by Crippen LogP contribution is -2.47. The van der Waals surface area contributed by atoms with Crippen molar-refractivity contribution in [3.05, 3.63) is 74.8 Å². The normalized spacial score (nSPS) is 14.3. The van der Waals surface area contributed by atoms with Gasteiger partial charge in [-0.2, -0.15) is 0 Å². The highest BCUT2D eigenvalue weighted by atomic mass is 16.6. The van der Waals surface area contributed by atoms with Gasteiger partial charge in [-0.25, -0.2) is 0 Å². The lowest BCUT2D eigenvalue weighted by Gasteiger charge is -2.35. The molecule has 0 saturated carbocycles. The van der Waals surface area contributed by atoms with E-state index in [1.165, 1.54) is 15.9 Å². The van der Waals surface area contributed by atoms with Gasteiger partial charge in [-0.1, -0.05) is 149 Å². The highest BCUT2D eigenvalue weighted by Crippen LogP contribution is 2.49. The van der Waals surface area contributed by atoms with Gasteiger partial charge < -0.3 is 0 Å². The number of imide groups is 2. The van der Waals surface area contributed by atoms with Crippen LogP contribution in [0.15, 0.2) is 42.5 Å². The van der Waals surface area contributed by atoms with Crippen molar-refractivity contribution in [3.8, 4) is 0 Å². The maximum atomic E-state index is 14.7. The van der Waals surface area contributed by atoms with Crippen molar-refractivity contribution in [1.82, 2.24) is 9.80 Å². The van der Waals surface area contributed by atoms with Gasteiger partial charge in [0.25, 0.3) is 29.3 Å². The Balaban J connectivity index is 1.36. The van der Waals surface area contributed by atoms with Crippen LogP contribution < -0.4 is 0 Å². The van der Waals surface area contributed by atoms with Crippen molar-refractivity contribution in [2.75, 3.05) is 0 Å². The molecule has 9 nitrogen and oxygen atoms in total. The first kappa shape index (κ1) is 42.2. The number of rotatable bonds is 23. The summed E-state index contributed by atoms with van der Waals surface area (Å²) in [7, 11) is 0. The molecule has 7 rings (SSSR count). The molecule has 2 heterocycles. The second-order valence-corrected chi connectivity index (χ2v) is 17.2. The second kappa shape index (κ2) is 18.6. The number of unbranched alkanes of at least 4 members (excludes halogenated alkanes) is 12. The number of nitro groups is 1. The van der Waals surface area contributed by atoms with Crippen molar-refractivity contribution in [2.24, 2.45) is 0 Å². The van der Waals surface area contributed by atoms with Crippen LogP contribution in [0.1, 0.15) is 198 Å². The van der Waals surface area contributed by atoms with E-state index in [9.17, 15) is 29.3 Å². The van der Waals surface area contributed by atoms with Crippen LogP contribution in [0.25, 0.3) is 43.1 Å². The van der Waals surface area contributed by atoms with E-state index in [4.69, 9.17) is 0 Å². The van der Waals surface area contributed by atoms with Crippen LogP contribution in [0.2, 0.25) is 0 Å². The van der Waals surface area contributed by atoms with Gasteiger partial charge in [-0.15, -0.1) is 0 Å². The van der Waals surface area contributed by atoms with Gasteiger partial charge in [0.1, 0.15) is 0 Å². The molecule has 0 aromatic heterocycles. The summed E-state index contributed by atoms with van der Waals surface area (Å²) < 4.78 is 0. The lowest BCUT2D eigenvalue weighted by atomic mass is 9.81. The van der Waals surface area contributed by atoms with E-state index in [0.29, 0.717) is 67.2 Å². The van der Waals surface area contributed by atoms with Crippen LogP contribution in [-0.2, 0) is 0 Å². The molecule has 5 aromatic rings. The number of fused-ring (bicyclic) bond motifs is 2. The Kier molecular flexibility index (Phi) is 13.3. The third-order valence-corrected chi connectivity index (χ3v) is 13.3. The molecular weight excluding hydrogens is 739 g/mol. The molecule has 2 aliphatic rings. The summed E-state index contributed by atoms with van der Waals surface area (Å²) in [5, 5.41) is 17.4. The predicted octanol–water partition coefficient (Wildman–Crippen LogP) is 13.5. The Hall–Kier alpha value is -4.92. The molecular formula is C50H61N3O6. The van der Waals surface area contributed by atoms with Crippen LogP contribution in [0.5, 0.6) is 0 Å². The Morgan fingerprint density at radius 2 is 0.797 bits per heavy atom. The zero-order valence-electron chi connectivity index (χ0n) is 35.6. The maximum absolute atomic E-state index is 14.7. The topological polar surface area (TPSA) is 118 Å². The first-order chi connectivity index (χ1) is 28.7. The molecule has 0 saturated heterocycles. The average Bonchev–Trinajstić information content (AvgIpc) is 3.23. The van der Waals surface area contributed by atoms with Crippen LogP contribution >= 0.6 is 0 Å². The Morgan fingerprint density at radius 1 is 0.441 bits per heavy atom. The number of hydrogen-bond acceptors (Lipinski definition) is 6. The molecule has 0 unspecified atom stereocenters. The summed E-state index contributed by atoms with van der Waals surface area (Å²) in [6.45, 7) is 8.65. The van der Waals surface area contributed by atoms with E-state index in [1.54, 1.807) is 24.3 Å². The quantitative estimate of drug-likeness (QED) is 0.0162. The van der Waals surface area contributed by atoms with Crippen molar-refractivity contribution in [1.29, 1.82) is 0 Å². The third-order valence-electron chi connectivity index (χ3n) is 13.3. The van der Waals surface area contributed by atoms with Crippen LogP contribution in [0.4, 0.5) is 5.69 Å². The molecule has 0 spiro atoms. The average molecular weight is 800 g/mol. The molecule has 9 heteroatoms. The maximum Gasteiger partial charge on any atom is 0.278 e. The first-order valence-corrected chi connectivity index (χ1v) is 22.8. The monoisotopic (exact) mass is 799 g/mol. The summed E-state index contributed by atoms with van der Waals surface area (Å²) in [6, 6.07) is 11.7. The van der Waals surface area contributed by atoms with Crippen molar-refractivity contribution >= 4 is 72.4 Å². The number of nitro benzene ring substituents is 1. The minimum absolute atomic E-state index is 0.179. The van der Waals surface area contributed by atoms with Gasteiger partial charge in [0.05, 0.1) is 15.9 Å². The smallest absolute Gasteiger partial charge is 0.271 e. The first-order valence-electron chi connectivity index (χ1n) is 22.8. The highest BCUT2D eigenvalue weighted by molar-refractivity contribution is 6.42. The molecule has 4 amide bonds. The Bertz CT molecular complexity index is 2350. The highest BCUT2D eigenvalue weighted by Gasteiger charge is 2.42. The third kappa shape index (κ3) is 7.70. The second-order valence-electron chi connectivity index (χ2n) is 17.2. The number of amides is 4. The van der Waals surface area contributed by atoms with Gasteiger partial charge in [0.15, 0.2) is 0 Å². The van der Waals surface area contributed by atoms with Crippen molar-refractivity contribution in [2.45, 2.75) is 168 Å². The largest absolute Gasteiger partial charge is 0.278 e. The van der Waals surface area contributed by atoms with E-state index in [-0.39, 0.29) is 41.1 Å². The van der Waals surface area contributed by atoms with Crippen LogP contribution in [0, 0.1) is 10.1 Å². The molecule has 0 N–H and O–H groups in total. The van der Waals surface area contributed by atoms with Gasteiger partial charge >= 0.3 is 0 Å². The van der Waals surface area contributed by atoms with Gasteiger partial charge in [0, 0.05) is 51.0 Å². The lowest BCUT2D eigenvalue weighted by molar-refractivity contribution is -0.383. The summed E-state index contributed by atoms with van der Waals surface area (Å²) >= 11 is 0. The van der Waals surface area contributed by atoms with Crippen LogP contribution in [-0.4, -0.2) is 50.4 Å². The van der Waals surface area contributed by atoms with Crippen molar-refractivity contribution in [3.63, 3.8) is 0 Å². The zero-order chi connectivity index (χ0) is 41.8. The van der Waals surface area contributed by atoms with E-state index >= 15 is 0 Å². The SMILES string of the molecule is CCCCCCC(CCCCCC)N1C(=O)c2ccc3c4ccc5c6c(cc([N+](=O)[O-])c(c7ccc(c2c37)C1=O)c64)C(=O)N(C(CCCCCC)CCCCCC)C5=O. The van der Waals surface area contributed by atoms with E-state index in [1.807, 2.05) is 12.1 Å². The number of carbonyl (C=O) groups excluding carboxylic acids is 4. The molecule has 312 valence electrons. The Morgan fingerprint density at radius 3 is 1.19 bits per heavy atom. The van der Waals surface area contributed by atoms with Gasteiger partial charge in [-0.3, -0.25) is 39.1 Å². The predicted molar refractivity (Wildman–Crippen MR) is 238 cm³/mol. The zero-order valence-corrected chi connectivity index (χ0v) is 35.6. The molecule has 0 atom stereocenters. The molecule has 5 aromatic carbocycles. The van der Waals surface area contributed by atoms with Gasteiger partial charge in [0.2, 0.25) is 0 Å². The molecule has 0 fully saturated rings. The molecule has 0 bridgehead atoms. The summed E-state index contributed by atoms with van der Waals surface area (Å²) in [5.41, 5.74) is 1.18. The minimum Gasteiger partial charge on any atom is -0.271 e. The van der Waals surface area contributed by atoms with Gasteiger partial charge in [-0.05, 0) is 65.4 Å². The van der Waals surface area contributed by atoms with Crippen molar-refractivity contribution < 1.29 is 24.1 Å². The number of benzene rings is 5. The van der Waals surface area contributed by atoms with E-state index in [0.717, 1.165) is 121 Å². The fourth-order valence-electron chi connectivity index (χ4n) is 10.2. The fraction of sp³-hybridized carbons (Fsp3) is 0.520. The van der Waals surface area contributed by atoms with E-state index in [2.05, 4.69) is 27.7 Å². The van der Waals surface area contributed by atoms with E-state index < -0.39 is 10.8 Å². The summed E-state index contributed by atoms with van der Waals surface area (Å²) in [6.07, 6.45) is 19.5. The number of hydrogen-bond donors (Lipinski definition) is 0. The fourth-order valence-corrected chi connectivity index (χ4v) is 10.2. The molecule has 0 radical (unpaired) electrons. The molecule has 0 aliphatic carbocycles. The molecule has 59 heavy (non-hydrogen) atoms. The summed E-state index contributed by atoms with van der Waals surface area (Å²) in [5.74, 6) is -1.46. The van der Waals surface area contributed by atoms with Crippen LogP contribution in [0.3, 0.4) is 0 Å². The standard InChI is InChI=1S/C50H61N3O6/c1-5-9-13-17-21-32(22-18-14-10-6-2)51-47(54)37-28-25-34-35-26-29-39-44-40(50(57)52(49(39)56)33(23-19-15-11-7-3)24-20-16-12-8-4)31-41(53(58)59)45(46(35)44)36-27-30-38(48(51)55)43(37)42(34)36/h25-33H,5-24H2,1-4H3. The number of non-ortho nitro benzene ring substituents is 1. The number of carbonyl (C=O) groups is 4. The number of nitrogens with zero attached hydrogens (tertiary/aromatic N) is 3. The molecule has 2 aliphatic heterocycles. The minimum atomic E-state index is -0.475.